The molecule has 0 saturated heterocycles. The number of halogens is 2. The van der Waals surface area contributed by atoms with Crippen LogP contribution in [-0.4, -0.2) is 7.05 Å². The highest BCUT2D eigenvalue weighted by molar-refractivity contribution is 5.40. The van der Waals surface area contributed by atoms with E-state index in [9.17, 15) is 8.78 Å². The minimum atomic E-state index is -0.439. The van der Waals surface area contributed by atoms with Crippen LogP contribution in [0.1, 0.15) is 49.4 Å². The van der Waals surface area contributed by atoms with Crippen LogP contribution in [0.5, 0.6) is 0 Å². The molecule has 0 spiro atoms. The molecule has 2 rings (SSSR count). The maximum absolute atomic E-state index is 14.0. The van der Waals surface area contributed by atoms with Gasteiger partial charge in [-0.3, -0.25) is 0 Å². The van der Waals surface area contributed by atoms with Gasteiger partial charge in [0.25, 0.3) is 0 Å². The molecule has 1 unspecified atom stereocenters. The smallest absolute Gasteiger partial charge is 0.129 e. The molecular formula is C15H21F2N. The summed E-state index contributed by atoms with van der Waals surface area (Å²) in [6.07, 6.45) is 2.52. The van der Waals surface area contributed by atoms with E-state index in [0.29, 0.717) is 17.5 Å². The van der Waals surface area contributed by atoms with Crippen molar-refractivity contribution in [3.63, 3.8) is 0 Å². The molecule has 1 aliphatic carbocycles. The van der Waals surface area contributed by atoms with Gasteiger partial charge in [-0.25, -0.2) is 8.78 Å². The number of benzene rings is 1. The molecule has 3 heteroatoms. The van der Waals surface area contributed by atoms with Crippen LogP contribution in [0.15, 0.2) is 6.07 Å². The van der Waals surface area contributed by atoms with Crippen LogP contribution in [0.2, 0.25) is 0 Å². The maximum atomic E-state index is 14.0. The number of nitrogens with one attached hydrogen (secondary N) is 1. The summed E-state index contributed by atoms with van der Waals surface area (Å²) in [6.45, 7) is 6.12. The average Bonchev–Trinajstić information content (AvgIpc) is 2.42. The van der Waals surface area contributed by atoms with Crippen molar-refractivity contribution in [2.24, 2.45) is 5.41 Å². The molecule has 1 N–H and O–H groups in total. The third-order valence-electron chi connectivity index (χ3n) is 4.13. The molecule has 0 saturated carbocycles. The summed E-state index contributed by atoms with van der Waals surface area (Å²) in [7, 11) is 1.86. The largest absolute Gasteiger partial charge is 0.313 e. The lowest BCUT2D eigenvalue weighted by Crippen LogP contribution is -2.23. The van der Waals surface area contributed by atoms with Gasteiger partial charge in [0.2, 0.25) is 0 Å². The van der Waals surface area contributed by atoms with Gasteiger partial charge in [-0.05, 0) is 55.3 Å². The Kier molecular flexibility index (Phi) is 3.45. The molecule has 1 aromatic rings. The van der Waals surface area contributed by atoms with Gasteiger partial charge < -0.3 is 5.32 Å². The molecule has 0 heterocycles. The fraction of sp³-hybridized carbons (Fsp3) is 0.600. The van der Waals surface area contributed by atoms with Crippen molar-refractivity contribution in [2.75, 3.05) is 7.05 Å². The molecule has 1 aromatic carbocycles. The second kappa shape index (κ2) is 4.61. The molecule has 1 aliphatic rings. The van der Waals surface area contributed by atoms with E-state index in [-0.39, 0.29) is 11.5 Å². The van der Waals surface area contributed by atoms with E-state index < -0.39 is 11.6 Å². The molecule has 0 fully saturated rings. The number of hydrogen-bond acceptors (Lipinski definition) is 1. The second-order valence-corrected chi connectivity index (χ2v) is 6.07. The van der Waals surface area contributed by atoms with Crippen LogP contribution in [-0.2, 0) is 6.42 Å². The molecule has 0 radical (unpaired) electrons. The van der Waals surface area contributed by atoms with Crippen LogP contribution >= 0.6 is 0 Å². The molecule has 0 aliphatic heterocycles. The van der Waals surface area contributed by atoms with Crippen molar-refractivity contribution < 1.29 is 8.78 Å². The van der Waals surface area contributed by atoms with Crippen LogP contribution in [0.4, 0.5) is 8.78 Å². The first-order valence-corrected chi connectivity index (χ1v) is 6.50. The number of hydrogen-bond donors (Lipinski definition) is 1. The first kappa shape index (κ1) is 13.5. The SMILES string of the molecule is CNC1CC(C)(C)CCc2c(F)cc(F)c(C)c21. The first-order valence-electron chi connectivity index (χ1n) is 6.50. The van der Waals surface area contributed by atoms with E-state index in [1.54, 1.807) is 6.92 Å². The Labute approximate surface area is 108 Å². The topological polar surface area (TPSA) is 12.0 Å². The average molecular weight is 253 g/mol. The lowest BCUT2D eigenvalue weighted by Gasteiger charge is -2.27. The first-order chi connectivity index (χ1) is 8.35. The van der Waals surface area contributed by atoms with E-state index >= 15 is 0 Å². The zero-order valence-electron chi connectivity index (χ0n) is 11.5. The molecule has 0 aromatic heterocycles. The fourth-order valence-corrected chi connectivity index (χ4v) is 2.98. The Bertz CT molecular complexity index is 466. The molecule has 1 nitrogen and oxygen atoms in total. The quantitative estimate of drug-likeness (QED) is 0.749. The molecule has 1 atom stereocenters. The Morgan fingerprint density at radius 3 is 2.56 bits per heavy atom. The second-order valence-electron chi connectivity index (χ2n) is 6.07. The van der Waals surface area contributed by atoms with Crippen molar-refractivity contribution in [3.8, 4) is 0 Å². The Balaban J connectivity index is 2.60. The number of fused-ring (bicyclic) bond motifs is 1. The minimum absolute atomic E-state index is 0.0303. The van der Waals surface area contributed by atoms with Gasteiger partial charge in [-0.2, -0.15) is 0 Å². The van der Waals surface area contributed by atoms with Gasteiger partial charge in [-0.1, -0.05) is 13.8 Å². The van der Waals surface area contributed by atoms with Gasteiger partial charge >= 0.3 is 0 Å². The highest BCUT2D eigenvalue weighted by Crippen LogP contribution is 2.41. The molecule has 18 heavy (non-hydrogen) atoms. The highest BCUT2D eigenvalue weighted by atomic mass is 19.1. The summed E-state index contributed by atoms with van der Waals surface area (Å²) < 4.78 is 27.7. The van der Waals surface area contributed by atoms with Gasteiger partial charge in [0.1, 0.15) is 11.6 Å². The molecule has 100 valence electrons. The standard InChI is InChI=1S/C15H21F2N/c1-9-11(16)7-12(17)10-5-6-15(2,3)8-13(18-4)14(9)10/h7,13,18H,5-6,8H2,1-4H3. The van der Waals surface area contributed by atoms with Crippen LogP contribution in [0, 0.1) is 24.0 Å². The van der Waals surface area contributed by atoms with Crippen molar-refractivity contribution >= 4 is 0 Å². The summed E-state index contributed by atoms with van der Waals surface area (Å²) in [6, 6.07) is 1.06. The van der Waals surface area contributed by atoms with Gasteiger partial charge in [-0.15, -0.1) is 0 Å². The van der Waals surface area contributed by atoms with Gasteiger partial charge in [0, 0.05) is 12.1 Å². The van der Waals surface area contributed by atoms with E-state index in [1.807, 2.05) is 7.05 Å². The summed E-state index contributed by atoms with van der Waals surface area (Å²) in [5.41, 5.74) is 2.25. The van der Waals surface area contributed by atoms with E-state index in [0.717, 1.165) is 24.5 Å². The van der Waals surface area contributed by atoms with E-state index in [2.05, 4.69) is 19.2 Å². The molecular weight excluding hydrogens is 232 g/mol. The van der Waals surface area contributed by atoms with Crippen molar-refractivity contribution in [1.29, 1.82) is 0 Å². The number of rotatable bonds is 1. The highest BCUT2D eigenvalue weighted by Gasteiger charge is 2.32. The zero-order valence-corrected chi connectivity index (χ0v) is 11.5. The van der Waals surface area contributed by atoms with Crippen molar-refractivity contribution in [1.82, 2.24) is 5.32 Å². The Morgan fingerprint density at radius 2 is 1.94 bits per heavy atom. The minimum Gasteiger partial charge on any atom is -0.313 e. The van der Waals surface area contributed by atoms with Gasteiger partial charge in [0.05, 0.1) is 0 Å². The predicted molar refractivity (Wildman–Crippen MR) is 69.6 cm³/mol. The van der Waals surface area contributed by atoms with Gasteiger partial charge in [0.15, 0.2) is 0 Å². The van der Waals surface area contributed by atoms with Crippen LogP contribution in [0.25, 0.3) is 0 Å². The van der Waals surface area contributed by atoms with E-state index in [4.69, 9.17) is 0 Å². The zero-order chi connectivity index (χ0) is 13.5. The van der Waals surface area contributed by atoms with Crippen LogP contribution < -0.4 is 5.32 Å². The summed E-state index contributed by atoms with van der Waals surface area (Å²) in [4.78, 5) is 0. The Morgan fingerprint density at radius 1 is 1.28 bits per heavy atom. The lowest BCUT2D eigenvalue weighted by atomic mass is 9.82. The molecule has 0 bridgehead atoms. The monoisotopic (exact) mass is 253 g/mol. The third-order valence-corrected chi connectivity index (χ3v) is 4.13. The van der Waals surface area contributed by atoms with Crippen molar-refractivity contribution in [3.05, 3.63) is 34.4 Å². The lowest BCUT2D eigenvalue weighted by molar-refractivity contribution is 0.279. The summed E-state index contributed by atoms with van der Waals surface area (Å²) in [5, 5.41) is 3.22. The maximum Gasteiger partial charge on any atom is 0.129 e. The summed E-state index contributed by atoms with van der Waals surface area (Å²) >= 11 is 0. The third kappa shape index (κ3) is 2.28. The fourth-order valence-electron chi connectivity index (χ4n) is 2.98. The molecule has 0 amide bonds. The van der Waals surface area contributed by atoms with Crippen LogP contribution in [0.3, 0.4) is 0 Å². The summed E-state index contributed by atoms with van der Waals surface area (Å²) in [5.74, 6) is -0.836. The van der Waals surface area contributed by atoms with Crippen molar-refractivity contribution in [2.45, 2.75) is 46.1 Å². The predicted octanol–water partition coefficient (Wildman–Crippen LogP) is 3.90. The van der Waals surface area contributed by atoms with E-state index in [1.165, 1.54) is 0 Å². The Hall–Kier alpha value is -0.960. The normalized spacial score (nSPS) is 22.4.